The first-order valence-corrected chi connectivity index (χ1v) is 9.47. The van der Waals surface area contributed by atoms with Gasteiger partial charge in [0.1, 0.15) is 0 Å². The van der Waals surface area contributed by atoms with E-state index in [1.165, 1.54) is 0 Å². The summed E-state index contributed by atoms with van der Waals surface area (Å²) in [5.74, 6) is -3.60. The number of amides is 2. The van der Waals surface area contributed by atoms with E-state index >= 15 is 0 Å². The van der Waals surface area contributed by atoms with E-state index in [0.29, 0.717) is 5.69 Å². The summed E-state index contributed by atoms with van der Waals surface area (Å²) in [5.41, 5.74) is -2.03. The molecule has 1 aromatic carbocycles. The number of para-hydroxylation sites is 1. The first-order valence-electron chi connectivity index (χ1n) is 9.47. The average Bonchev–Trinajstić information content (AvgIpc) is 2.71. The Labute approximate surface area is 183 Å². The Bertz CT molecular complexity index is 874. The van der Waals surface area contributed by atoms with Crippen molar-refractivity contribution in [2.75, 3.05) is 19.0 Å². The summed E-state index contributed by atoms with van der Waals surface area (Å²) in [5, 5.41) is 4.80. The third-order valence-corrected chi connectivity index (χ3v) is 4.27. The zero-order chi connectivity index (χ0) is 23.9. The van der Waals surface area contributed by atoms with Crippen molar-refractivity contribution in [3.05, 3.63) is 30.3 Å². The molecule has 12 nitrogen and oxygen atoms in total. The van der Waals surface area contributed by atoms with Gasteiger partial charge >= 0.3 is 29.9 Å². The molecule has 4 atom stereocenters. The number of urea groups is 1. The quantitative estimate of drug-likeness (QED) is 0.460. The van der Waals surface area contributed by atoms with Crippen LogP contribution in [-0.2, 0) is 42.9 Å². The number of ether oxygens (including phenoxy) is 5. The summed E-state index contributed by atoms with van der Waals surface area (Å²) in [7, 11) is 1.02. The average molecular weight is 452 g/mol. The molecule has 1 heterocycles. The van der Waals surface area contributed by atoms with E-state index in [4.69, 9.17) is 23.7 Å². The number of esters is 4. The fourth-order valence-corrected chi connectivity index (χ4v) is 3.13. The van der Waals surface area contributed by atoms with Gasteiger partial charge in [-0.2, -0.15) is 0 Å². The Morgan fingerprint density at radius 1 is 0.938 bits per heavy atom. The summed E-state index contributed by atoms with van der Waals surface area (Å²) in [6.07, 6.45) is -4.49. The maximum absolute atomic E-state index is 12.8. The van der Waals surface area contributed by atoms with Crippen molar-refractivity contribution in [2.45, 2.75) is 44.8 Å². The lowest BCUT2D eigenvalue weighted by Crippen LogP contribution is -2.74. The maximum Gasteiger partial charge on any atom is 0.363 e. The zero-order valence-electron chi connectivity index (χ0n) is 17.9. The summed E-state index contributed by atoms with van der Waals surface area (Å²) >= 11 is 0. The van der Waals surface area contributed by atoms with Crippen LogP contribution in [0.2, 0.25) is 0 Å². The highest BCUT2D eigenvalue weighted by Crippen LogP contribution is 2.32. The van der Waals surface area contributed by atoms with E-state index in [0.717, 1.165) is 27.9 Å². The minimum absolute atomic E-state index is 0.388. The second kappa shape index (κ2) is 10.6. The lowest BCUT2D eigenvalue weighted by Gasteiger charge is -2.46. The van der Waals surface area contributed by atoms with Crippen molar-refractivity contribution in [3.8, 4) is 0 Å². The molecule has 32 heavy (non-hydrogen) atoms. The molecule has 1 fully saturated rings. The van der Waals surface area contributed by atoms with E-state index in [1.54, 1.807) is 30.3 Å². The van der Waals surface area contributed by atoms with Crippen molar-refractivity contribution in [2.24, 2.45) is 0 Å². The Hall–Kier alpha value is -3.67. The van der Waals surface area contributed by atoms with Gasteiger partial charge in [-0.15, -0.1) is 0 Å². The van der Waals surface area contributed by atoms with Gasteiger partial charge in [0.05, 0.1) is 13.7 Å². The molecule has 1 saturated heterocycles. The SMILES string of the molecule is COC(=O)[C@@]1(NC(=O)Nc2ccccc2)OC[C@@H](OC(C)=O)[C@@H](OC(C)=O)[C@H]1OC(C)=O. The van der Waals surface area contributed by atoms with E-state index in [1.807, 2.05) is 0 Å². The van der Waals surface area contributed by atoms with Crippen molar-refractivity contribution in [1.82, 2.24) is 5.32 Å². The van der Waals surface area contributed by atoms with Gasteiger partial charge in [-0.3, -0.25) is 19.7 Å². The highest BCUT2D eigenvalue weighted by molar-refractivity contribution is 5.94. The Balaban J connectivity index is 2.47. The van der Waals surface area contributed by atoms with Gasteiger partial charge in [0, 0.05) is 26.5 Å². The van der Waals surface area contributed by atoms with E-state index in [-0.39, 0.29) is 0 Å². The topological polar surface area (TPSA) is 156 Å². The van der Waals surface area contributed by atoms with E-state index < -0.39 is 60.6 Å². The van der Waals surface area contributed by atoms with Gasteiger partial charge in [-0.25, -0.2) is 9.59 Å². The van der Waals surface area contributed by atoms with Crippen molar-refractivity contribution < 1.29 is 47.7 Å². The Morgan fingerprint density at radius 2 is 1.53 bits per heavy atom. The van der Waals surface area contributed by atoms with Gasteiger partial charge in [-0.05, 0) is 12.1 Å². The fraction of sp³-hybridized carbons (Fsp3) is 0.450. The van der Waals surface area contributed by atoms with E-state index in [9.17, 15) is 24.0 Å². The molecule has 0 bridgehead atoms. The smallest absolute Gasteiger partial charge is 0.363 e. The van der Waals surface area contributed by atoms with Crippen molar-refractivity contribution in [3.63, 3.8) is 0 Å². The molecular weight excluding hydrogens is 428 g/mol. The summed E-state index contributed by atoms with van der Waals surface area (Å²) in [4.78, 5) is 60.6. The molecule has 0 aromatic heterocycles. The Morgan fingerprint density at radius 3 is 2.06 bits per heavy atom. The predicted octanol–water partition coefficient (Wildman–Crippen LogP) is 0.503. The number of benzene rings is 1. The third-order valence-electron chi connectivity index (χ3n) is 4.27. The Kier molecular flexibility index (Phi) is 8.13. The summed E-state index contributed by atoms with van der Waals surface area (Å²) in [6, 6.07) is 7.35. The van der Waals surface area contributed by atoms with Crippen LogP contribution < -0.4 is 10.6 Å². The first kappa shape index (κ1) is 24.6. The monoisotopic (exact) mass is 452 g/mol. The minimum Gasteiger partial charge on any atom is -0.465 e. The second-order valence-electron chi connectivity index (χ2n) is 6.74. The molecule has 0 saturated carbocycles. The van der Waals surface area contributed by atoms with Gasteiger partial charge in [-0.1, -0.05) is 18.2 Å². The number of hydrogen-bond acceptors (Lipinski definition) is 10. The molecule has 1 aliphatic heterocycles. The molecule has 0 radical (unpaired) electrons. The zero-order valence-corrected chi connectivity index (χ0v) is 17.9. The molecule has 0 aliphatic carbocycles. The van der Waals surface area contributed by atoms with Crippen LogP contribution in [0.5, 0.6) is 0 Å². The molecule has 2 rings (SSSR count). The molecule has 2 amide bonds. The van der Waals surface area contributed by atoms with Crippen molar-refractivity contribution in [1.29, 1.82) is 0 Å². The summed E-state index contributed by atoms with van der Waals surface area (Å²) < 4.78 is 25.9. The van der Waals surface area contributed by atoms with Crippen LogP contribution in [0.4, 0.5) is 10.5 Å². The van der Waals surface area contributed by atoms with Crippen LogP contribution in [-0.4, -0.2) is 67.7 Å². The summed E-state index contributed by atoms with van der Waals surface area (Å²) in [6.45, 7) is 2.72. The molecular formula is C20H24N2O10. The van der Waals surface area contributed by atoms with E-state index in [2.05, 4.69) is 10.6 Å². The molecule has 174 valence electrons. The highest BCUT2D eigenvalue weighted by Gasteiger charge is 2.62. The minimum atomic E-state index is -2.42. The third kappa shape index (κ3) is 5.94. The molecule has 1 aliphatic rings. The fourth-order valence-electron chi connectivity index (χ4n) is 3.13. The van der Waals surface area contributed by atoms with Crippen molar-refractivity contribution >= 4 is 35.6 Å². The molecule has 0 unspecified atom stereocenters. The first-order chi connectivity index (χ1) is 15.1. The number of nitrogens with one attached hydrogen (secondary N) is 2. The van der Waals surface area contributed by atoms with Gasteiger partial charge in [0.2, 0.25) is 6.10 Å². The van der Waals surface area contributed by atoms with Crippen LogP contribution in [0.25, 0.3) is 0 Å². The normalized spacial score (nSPS) is 24.4. The van der Waals surface area contributed by atoms with Crippen LogP contribution in [0.15, 0.2) is 30.3 Å². The van der Waals surface area contributed by atoms with Crippen LogP contribution >= 0.6 is 0 Å². The lowest BCUT2D eigenvalue weighted by molar-refractivity contribution is -0.262. The number of rotatable bonds is 6. The van der Waals surface area contributed by atoms with Crippen LogP contribution in [0, 0.1) is 0 Å². The molecule has 0 spiro atoms. The second-order valence-corrected chi connectivity index (χ2v) is 6.74. The highest BCUT2D eigenvalue weighted by atomic mass is 16.7. The number of carbonyl (C=O) groups is 5. The maximum atomic E-state index is 12.8. The standard InChI is InChI=1S/C20H24N2O10/c1-11(23)30-15-10-29-20(18(26)28-4,17(32-13(3)25)16(15)31-12(2)24)22-19(27)21-14-8-6-5-7-9-14/h5-9,15-17H,10H2,1-4H3,(H2,21,22,27)/t15-,16-,17-,20+/m1/s1. The predicted molar refractivity (Wildman–Crippen MR) is 106 cm³/mol. The number of hydrogen-bond donors (Lipinski definition) is 2. The lowest BCUT2D eigenvalue weighted by atomic mass is 9.93. The largest absolute Gasteiger partial charge is 0.465 e. The molecule has 1 aromatic rings. The number of methoxy groups -OCH3 is 1. The van der Waals surface area contributed by atoms with Crippen LogP contribution in [0.1, 0.15) is 20.8 Å². The number of anilines is 1. The number of carbonyl (C=O) groups excluding carboxylic acids is 5. The van der Waals surface area contributed by atoms with Gasteiger partial charge in [0.15, 0.2) is 12.2 Å². The van der Waals surface area contributed by atoms with Crippen LogP contribution in [0.3, 0.4) is 0 Å². The molecule has 2 N–H and O–H groups in total. The van der Waals surface area contributed by atoms with Gasteiger partial charge in [0.25, 0.3) is 5.72 Å². The van der Waals surface area contributed by atoms with Gasteiger partial charge < -0.3 is 29.0 Å². The molecule has 12 heteroatoms.